The third kappa shape index (κ3) is 3.20. The largest absolute Gasteiger partial charge is 0.343 e. The first kappa shape index (κ1) is 12.5. The second-order valence-corrected chi connectivity index (χ2v) is 4.83. The summed E-state index contributed by atoms with van der Waals surface area (Å²) < 4.78 is 0. The predicted molar refractivity (Wildman–Crippen MR) is 62.5 cm³/mol. The van der Waals surface area contributed by atoms with Crippen molar-refractivity contribution in [2.24, 2.45) is 11.7 Å². The average Bonchev–Trinajstić information content (AvgIpc) is 2.27. The van der Waals surface area contributed by atoms with Crippen LogP contribution in [0.5, 0.6) is 0 Å². The molecule has 88 valence electrons. The third-order valence-corrected chi connectivity index (χ3v) is 3.67. The minimum Gasteiger partial charge on any atom is -0.343 e. The summed E-state index contributed by atoms with van der Waals surface area (Å²) in [5.41, 5.74) is 5.86. The van der Waals surface area contributed by atoms with Crippen molar-refractivity contribution in [3.63, 3.8) is 0 Å². The second-order valence-electron chi connectivity index (χ2n) is 4.83. The van der Waals surface area contributed by atoms with Gasteiger partial charge in [0.1, 0.15) is 0 Å². The molecule has 3 nitrogen and oxygen atoms in total. The van der Waals surface area contributed by atoms with Crippen molar-refractivity contribution in [2.75, 3.05) is 7.05 Å². The van der Waals surface area contributed by atoms with Crippen molar-refractivity contribution < 1.29 is 4.79 Å². The zero-order valence-electron chi connectivity index (χ0n) is 10.2. The minimum atomic E-state index is 0.158. The molecule has 3 heteroatoms. The zero-order valence-corrected chi connectivity index (χ0v) is 10.2. The minimum absolute atomic E-state index is 0.158. The first-order valence-electron chi connectivity index (χ1n) is 6.08. The molecular weight excluding hydrogens is 188 g/mol. The van der Waals surface area contributed by atoms with Crippen LogP contribution >= 0.6 is 0 Å². The number of amides is 1. The van der Waals surface area contributed by atoms with Crippen LogP contribution in [0.1, 0.15) is 46.0 Å². The highest BCUT2D eigenvalue weighted by atomic mass is 16.2. The molecule has 1 aliphatic carbocycles. The first-order valence-corrected chi connectivity index (χ1v) is 6.08. The number of nitrogens with two attached hydrogens (primary N) is 1. The summed E-state index contributed by atoms with van der Waals surface area (Å²) in [6.45, 7) is 4.07. The maximum absolute atomic E-state index is 11.9. The molecule has 1 amide bonds. The molecule has 15 heavy (non-hydrogen) atoms. The lowest BCUT2D eigenvalue weighted by Gasteiger charge is -2.34. The highest BCUT2D eigenvalue weighted by Gasteiger charge is 2.26. The molecule has 0 radical (unpaired) electrons. The van der Waals surface area contributed by atoms with Crippen molar-refractivity contribution in [1.29, 1.82) is 0 Å². The van der Waals surface area contributed by atoms with Crippen molar-refractivity contribution >= 4 is 5.91 Å². The fraction of sp³-hybridized carbons (Fsp3) is 0.917. The van der Waals surface area contributed by atoms with Crippen LogP contribution in [0, 0.1) is 5.92 Å². The topological polar surface area (TPSA) is 46.3 Å². The molecule has 1 atom stereocenters. The molecule has 0 aromatic rings. The van der Waals surface area contributed by atoms with Gasteiger partial charge in [-0.3, -0.25) is 4.79 Å². The summed E-state index contributed by atoms with van der Waals surface area (Å²) in [5.74, 6) is 0.448. The van der Waals surface area contributed by atoms with Gasteiger partial charge in [0.2, 0.25) is 5.91 Å². The monoisotopic (exact) mass is 212 g/mol. The lowest BCUT2D eigenvalue weighted by atomic mass is 9.90. The lowest BCUT2D eigenvalue weighted by Crippen LogP contribution is -2.43. The summed E-state index contributed by atoms with van der Waals surface area (Å²) in [4.78, 5) is 13.9. The number of hydrogen-bond acceptors (Lipinski definition) is 2. The SMILES string of the molecule is CCC(C)C(=O)N(C)C1CCC(N)CC1. The van der Waals surface area contributed by atoms with Crippen molar-refractivity contribution in [1.82, 2.24) is 4.90 Å². The van der Waals surface area contributed by atoms with Gasteiger partial charge in [-0.1, -0.05) is 13.8 Å². The Kier molecular flexibility index (Phi) is 4.58. The van der Waals surface area contributed by atoms with Crippen molar-refractivity contribution in [3.05, 3.63) is 0 Å². The predicted octanol–water partition coefficient (Wildman–Crippen LogP) is 1.76. The van der Waals surface area contributed by atoms with E-state index < -0.39 is 0 Å². The molecule has 1 saturated carbocycles. The summed E-state index contributed by atoms with van der Waals surface area (Å²) in [6, 6.07) is 0.777. The number of rotatable bonds is 3. The fourth-order valence-corrected chi connectivity index (χ4v) is 2.19. The van der Waals surface area contributed by atoms with Gasteiger partial charge in [0.05, 0.1) is 0 Å². The van der Waals surface area contributed by atoms with Crippen LogP contribution in [-0.4, -0.2) is 29.9 Å². The molecule has 1 aliphatic rings. The van der Waals surface area contributed by atoms with Gasteiger partial charge in [-0.25, -0.2) is 0 Å². The number of carbonyl (C=O) groups is 1. The van der Waals surface area contributed by atoms with Crippen LogP contribution < -0.4 is 5.73 Å². The molecule has 0 aromatic heterocycles. The molecule has 0 aromatic carbocycles. The Morgan fingerprint density at radius 1 is 1.40 bits per heavy atom. The Morgan fingerprint density at radius 2 is 1.93 bits per heavy atom. The van der Waals surface area contributed by atoms with Gasteiger partial charge in [0, 0.05) is 25.0 Å². The fourth-order valence-electron chi connectivity index (χ4n) is 2.19. The second kappa shape index (κ2) is 5.50. The van der Waals surface area contributed by atoms with E-state index in [9.17, 15) is 4.79 Å². The number of nitrogens with zero attached hydrogens (tertiary/aromatic N) is 1. The van der Waals surface area contributed by atoms with Crippen LogP contribution in [-0.2, 0) is 4.79 Å². The standard InChI is InChI=1S/C12H24N2O/c1-4-9(2)12(15)14(3)11-7-5-10(13)6-8-11/h9-11H,4-8,13H2,1-3H3. The highest BCUT2D eigenvalue weighted by molar-refractivity contribution is 5.78. The Labute approximate surface area is 93.0 Å². The van der Waals surface area contributed by atoms with Gasteiger partial charge in [0.15, 0.2) is 0 Å². The number of carbonyl (C=O) groups excluding carboxylic acids is 1. The molecule has 0 aliphatic heterocycles. The van der Waals surface area contributed by atoms with Crippen LogP contribution in [0.3, 0.4) is 0 Å². The smallest absolute Gasteiger partial charge is 0.225 e. The van der Waals surface area contributed by atoms with Gasteiger partial charge in [-0.2, -0.15) is 0 Å². The molecule has 1 unspecified atom stereocenters. The van der Waals surface area contributed by atoms with Gasteiger partial charge in [0.25, 0.3) is 0 Å². The van der Waals surface area contributed by atoms with E-state index in [0.717, 1.165) is 32.1 Å². The summed E-state index contributed by atoms with van der Waals surface area (Å²) in [7, 11) is 1.94. The molecular formula is C12H24N2O. The van der Waals surface area contributed by atoms with E-state index in [1.165, 1.54) is 0 Å². The molecule has 0 saturated heterocycles. The lowest BCUT2D eigenvalue weighted by molar-refractivity contribution is -0.136. The van der Waals surface area contributed by atoms with E-state index in [0.29, 0.717) is 12.1 Å². The quantitative estimate of drug-likeness (QED) is 0.775. The third-order valence-electron chi connectivity index (χ3n) is 3.67. The maximum atomic E-state index is 11.9. The molecule has 0 bridgehead atoms. The Balaban J connectivity index is 2.46. The maximum Gasteiger partial charge on any atom is 0.225 e. The van der Waals surface area contributed by atoms with E-state index >= 15 is 0 Å². The van der Waals surface area contributed by atoms with E-state index in [-0.39, 0.29) is 11.8 Å². The Hall–Kier alpha value is -0.570. The van der Waals surface area contributed by atoms with E-state index in [2.05, 4.69) is 6.92 Å². The average molecular weight is 212 g/mol. The van der Waals surface area contributed by atoms with E-state index in [1.54, 1.807) is 0 Å². The first-order chi connectivity index (χ1) is 7.06. The van der Waals surface area contributed by atoms with Gasteiger partial charge in [-0.05, 0) is 32.1 Å². The highest BCUT2D eigenvalue weighted by Crippen LogP contribution is 2.22. The van der Waals surface area contributed by atoms with Crippen molar-refractivity contribution in [3.8, 4) is 0 Å². The van der Waals surface area contributed by atoms with Crippen LogP contribution in [0.15, 0.2) is 0 Å². The summed E-state index contributed by atoms with van der Waals surface area (Å²) in [6.07, 6.45) is 5.18. The van der Waals surface area contributed by atoms with Crippen LogP contribution in [0.2, 0.25) is 0 Å². The van der Waals surface area contributed by atoms with Crippen LogP contribution in [0.25, 0.3) is 0 Å². The Morgan fingerprint density at radius 3 is 2.40 bits per heavy atom. The molecule has 0 heterocycles. The summed E-state index contributed by atoms with van der Waals surface area (Å²) in [5, 5.41) is 0. The Bertz CT molecular complexity index is 210. The summed E-state index contributed by atoms with van der Waals surface area (Å²) >= 11 is 0. The zero-order chi connectivity index (χ0) is 11.4. The van der Waals surface area contributed by atoms with Gasteiger partial charge >= 0.3 is 0 Å². The molecule has 0 spiro atoms. The van der Waals surface area contributed by atoms with Crippen LogP contribution in [0.4, 0.5) is 0 Å². The normalized spacial score (nSPS) is 28.5. The molecule has 1 fully saturated rings. The van der Waals surface area contributed by atoms with E-state index in [1.807, 2.05) is 18.9 Å². The van der Waals surface area contributed by atoms with Crippen molar-refractivity contribution in [2.45, 2.75) is 58.0 Å². The van der Waals surface area contributed by atoms with Gasteiger partial charge < -0.3 is 10.6 Å². The molecule has 2 N–H and O–H groups in total. The van der Waals surface area contributed by atoms with E-state index in [4.69, 9.17) is 5.73 Å². The molecule has 1 rings (SSSR count). The number of hydrogen-bond donors (Lipinski definition) is 1. The van der Waals surface area contributed by atoms with Gasteiger partial charge in [-0.15, -0.1) is 0 Å².